The minimum absolute atomic E-state index is 0.976. The maximum absolute atomic E-state index is 5.26. The Kier molecular flexibility index (Phi) is 3.37. The first-order valence-electron chi connectivity index (χ1n) is 5.23. The lowest BCUT2D eigenvalue weighted by Gasteiger charge is -2.14. The molecule has 1 aromatic rings. The van der Waals surface area contributed by atoms with Gasteiger partial charge in [0.25, 0.3) is 0 Å². The third-order valence-corrected chi connectivity index (χ3v) is 3.62. The minimum Gasteiger partial charge on any atom is -0.496 e. The number of allylic oxidation sites excluding steroid dienone is 1. The van der Waals surface area contributed by atoms with Gasteiger partial charge in [-0.2, -0.15) is 11.8 Å². The van der Waals surface area contributed by atoms with Crippen molar-refractivity contribution in [3.8, 4) is 5.75 Å². The predicted molar refractivity (Wildman–Crippen MR) is 67.7 cm³/mol. The molecule has 0 atom stereocenters. The van der Waals surface area contributed by atoms with Crippen LogP contribution in [0.25, 0.3) is 5.57 Å². The molecule has 0 aromatic heterocycles. The Labute approximate surface area is 95.5 Å². The van der Waals surface area contributed by atoms with Crippen molar-refractivity contribution >= 4 is 17.3 Å². The highest BCUT2D eigenvalue weighted by molar-refractivity contribution is 7.99. The Hall–Kier alpha value is -0.890. The van der Waals surface area contributed by atoms with E-state index in [9.17, 15) is 0 Å². The summed E-state index contributed by atoms with van der Waals surface area (Å²) in [6.07, 6.45) is 3.53. The van der Waals surface area contributed by atoms with E-state index >= 15 is 0 Å². The van der Waals surface area contributed by atoms with Crippen molar-refractivity contribution in [2.24, 2.45) is 0 Å². The second kappa shape index (κ2) is 4.75. The molecule has 0 saturated heterocycles. The van der Waals surface area contributed by atoms with Crippen LogP contribution in [0, 0.1) is 6.92 Å². The van der Waals surface area contributed by atoms with Crippen molar-refractivity contribution in [3.05, 3.63) is 35.4 Å². The van der Waals surface area contributed by atoms with E-state index in [2.05, 4.69) is 31.2 Å². The van der Waals surface area contributed by atoms with Crippen molar-refractivity contribution in [3.63, 3.8) is 0 Å². The molecule has 0 unspecified atom stereocenters. The van der Waals surface area contributed by atoms with E-state index in [4.69, 9.17) is 4.74 Å². The van der Waals surface area contributed by atoms with Crippen LogP contribution in [0.5, 0.6) is 5.75 Å². The van der Waals surface area contributed by atoms with Gasteiger partial charge in [-0.1, -0.05) is 12.1 Å². The van der Waals surface area contributed by atoms with Crippen molar-refractivity contribution in [2.75, 3.05) is 18.6 Å². The van der Waals surface area contributed by atoms with Gasteiger partial charge in [0, 0.05) is 5.75 Å². The zero-order valence-electron chi connectivity index (χ0n) is 9.25. The van der Waals surface area contributed by atoms with Crippen molar-refractivity contribution in [2.45, 2.75) is 13.3 Å². The highest BCUT2D eigenvalue weighted by Crippen LogP contribution is 2.28. The van der Waals surface area contributed by atoms with Crippen LogP contribution in [0.15, 0.2) is 24.3 Å². The number of benzene rings is 1. The van der Waals surface area contributed by atoms with Crippen LogP contribution in [-0.2, 0) is 0 Å². The number of rotatable bonds is 2. The fraction of sp³-hybridized carbons (Fsp3) is 0.385. The molecule has 1 aromatic carbocycles. The number of ether oxygens (including phenoxy) is 1. The Bertz CT molecular complexity index is 382. The maximum atomic E-state index is 5.26. The molecule has 1 aliphatic heterocycles. The van der Waals surface area contributed by atoms with Gasteiger partial charge in [-0.15, -0.1) is 0 Å². The van der Waals surface area contributed by atoms with E-state index in [1.165, 1.54) is 28.9 Å². The van der Waals surface area contributed by atoms with E-state index in [1.807, 2.05) is 11.8 Å². The number of aryl methyl sites for hydroxylation is 1. The summed E-state index contributed by atoms with van der Waals surface area (Å²) in [4.78, 5) is 0. The Balaban J connectivity index is 2.29. The fourth-order valence-corrected chi connectivity index (χ4v) is 2.72. The smallest absolute Gasteiger partial charge is 0.121 e. The summed E-state index contributed by atoms with van der Waals surface area (Å²) < 4.78 is 5.26. The summed E-state index contributed by atoms with van der Waals surface area (Å²) in [6, 6.07) is 6.45. The van der Waals surface area contributed by atoms with Gasteiger partial charge in [0.05, 0.1) is 7.11 Å². The Morgan fingerprint density at radius 1 is 1.33 bits per heavy atom. The molecule has 0 fully saturated rings. The third-order valence-electron chi connectivity index (χ3n) is 2.73. The average Bonchev–Trinajstić information content (AvgIpc) is 2.30. The second-order valence-electron chi connectivity index (χ2n) is 3.74. The maximum Gasteiger partial charge on any atom is 0.121 e. The average molecular weight is 220 g/mol. The van der Waals surface area contributed by atoms with E-state index in [0.29, 0.717) is 0 Å². The second-order valence-corrected chi connectivity index (χ2v) is 4.89. The van der Waals surface area contributed by atoms with Crippen molar-refractivity contribution in [1.82, 2.24) is 0 Å². The molecule has 0 aliphatic carbocycles. The lowest BCUT2D eigenvalue weighted by atomic mass is 10.0. The normalized spacial score (nSPS) is 16.0. The first kappa shape index (κ1) is 10.6. The summed E-state index contributed by atoms with van der Waals surface area (Å²) in [5.74, 6) is 3.38. The molecule has 1 heterocycles. The third kappa shape index (κ3) is 2.37. The van der Waals surface area contributed by atoms with Gasteiger partial charge in [0.2, 0.25) is 0 Å². The van der Waals surface area contributed by atoms with Crippen LogP contribution in [0.3, 0.4) is 0 Å². The van der Waals surface area contributed by atoms with Crippen LogP contribution in [0.4, 0.5) is 0 Å². The fourth-order valence-electron chi connectivity index (χ4n) is 1.87. The van der Waals surface area contributed by atoms with Crippen LogP contribution < -0.4 is 4.74 Å². The zero-order valence-corrected chi connectivity index (χ0v) is 10.1. The van der Waals surface area contributed by atoms with E-state index in [0.717, 1.165) is 11.5 Å². The van der Waals surface area contributed by atoms with Gasteiger partial charge < -0.3 is 4.74 Å². The molecule has 1 nitrogen and oxygen atoms in total. The van der Waals surface area contributed by atoms with Crippen LogP contribution in [-0.4, -0.2) is 18.6 Å². The van der Waals surface area contributed by atoms with E-state index < -0.39 is 0 Å². The molecule has 0 spiro atoms. The summed E-state index contributed by atoms with van der Waals surface area (Å²) >= 11 is 2.00. The molecule has 1 aliphatic rings. The van der Waals surface area contributed by atoms with Crippen molar-refractivity contribution in [1.29, 1.82) is 0 Å². The standard InChI is InChI=1S/C13H16OS/c1-10-9-12(3-4-13(10)14-2)11-5-7-15-8-6-11/h3-5,9H,6-8H2,1-2H3. The molecule has 15 heavy (non-hydrogen) atoms. The summed E-state index contributed by atoms with van der Waals surface area (Å²) in [5.41, 5.74) is 4.06. The molecule has 0 saturated carbocycles. The molecule has 0 radical (unpaired) electrons. The Morgan fingerprint density at radius 2 is 2.20 bits per heavy atom. The number of methoxy groups -OCH3 is 1. The molecule has 80 valence electrons. The Morgan fingerprint density at radius 3 is 2.80 bits per heavy atom. The zero-order chi connectivity index (χ0) is 10.7. The molecular weight excluding hydrogens is 204 g/mol. The highest BCUT2D eigenvalue weighted by Gasteiger charge is 2.07. The van der Waals surface area contributed by atoms with Gasteiger partial charge in [-0.05, 0) is 47.9 Å². The summed E-state index contributed by atoms with van der Waals surface area (Å²) in [7, 11) is 1.72. The van der Waals surface area contributed by atoms with E-state index in [-0.39, 0.29) is 0 Å². The van der Waals surface area contributed by atoms with Crippen LogP contribution >= 0.6 is 11.8 Å². The molecular formula is C13H16OS. The van der Waals surface area contributed by atoms with Gasteiger partial charge in [0.15, 0.2) is 0 Å². The number of hydrogen-bond acceptors (Lipinski definition) is 2. The molecule has 2 rings (SSSR count). The van der Waals surface area contributed by atoms with Crippen LogP contribution in [0.2, 0.25) is 0 Å². The lowest BCUT2D eigenvalue weighted by Crippen LogP contribution is -1.96. The monoisotopic (exact) mass is 220 g/mol. The number of hydrogen-bond donors (Lipinski definition) is 0. The molecule has 2 heteroatoms. The first-order valence-corrected chi connectivity index (χ1v) is 6.38. The molecule has 0 N–H and O–H groups in total. The van der Waals surface area contributed by atoms with Crippen molar-refractivity contribution < 1.29 is 4.74 Å². The largest absolute Gasteiger partial charge is 0.496 e. The molecule has 0 amide bonds. The lowest BCUT2D eigenvalue weighted by molar-refractivity contribution is 0.411. The number of thioether (sulfide) groups is 1. The quantitative estimate of drug-likeness (QED) is 0.754. The highest BCUT2D eigenvalue weighted by atomic mass is 32.2. The van der Waals surface area contributed by atoms with Gasteiger partial charge >= 0.3 is 0 Å². The summed E-state index contributed by atoms with van der Waals surface area (Å²) in [6.45, 7) is 2.10. The first-order chi connectivity index (χ1) is 7.31. The van der Waals surface area contributed by atoms with E-state index in [1.54, 1.807) is 7.11 Å². The predicted octanol–water partition coefficient (Wildman–Crippen LogP) is 3.52. The van der Waals surface area contributed by atoms with Crippen LogP contribution in [0.1, 0.15) is 17.5 Å². The minimum atomic E-state index is 0.976. The summed E-state index contributed by atoms with van der Waals surface area (Å²) in [5, 5.41) is 0. The molecule has 0 bridgehead atoms. The van der Waals surface area contributed by atoms with Gasteiger partial charge in [0.1, 0.15) is 5.75 Å². The van der Waals surface area contributed by atoms with Gasteiger partial charge in [-0.3, -0.25) is 0 Å². The topological polar surface area (TPSA) is 9.23 Å². The SMILES string of the molecule is COc1ccc(C2=CCSCC2)cc1C. The van der Waals surface area contributed by atoms with Gasteiger partial charge in [-0.25, -0.2) is 0 Å².